The van der Waals surface area contributed by atoms with Gasteiger partial charge in [0.2, 0.25) is 0 Å². The van der Waals surface area contributed by atoms with Crippen LogP contribution in [0.2, 0.25) is 0 Å². The first kappa shape index (κ1) is 11.6. The highest BCUT2D eigenvalue weighted by Gasteiger charge is 2.07. The first-order valence-corrected chi connectivity index (χ1v) is 6.14. The molecule has 1 aromatic carbocycles. The SMILES string of the molecule is CNc1nccnc1-c1ccc2nc(C)ccc2c1. The summed E-state index contributed by atoms with van der Waals surface area (Å²) in [5.41, 5.74) is 3.91. The zero-order valence-electron chi connectivity index (χ0n) is 10.9. The molecule has 94 valence electrons. The Labute approximate surface area is 111 Å². The highest BCUT2D eigenvalue weighted by atomic mass is 15.0. The predicted molar refractivity (Wildman–Crippen MR) is 77.1 cm³/mol. The minimum atomic E-state index is 0.780. The summed E-state index contributed by atoms with van der Waals surface area (Å²) in [5, 5.41) is 4.17. The number of anilines is 1. The van der Waals surface area contributed by atoms with Gasteiger partial charge >= 0.3 is 0 Å². The minimum Gasteiger partial charge on any atom is -0.371 e. The molecule has 0 aliphatic rings. The fourth-order valence-corrected chi connectivity index (χ4v) is 2.11. The lowest BCUT2D eigenvalue weighted by Gasteiger charge is -2.07. The fraction of sp³-hybridized carbons (Fsp3) is 0.133. The normalized spacial score (nSPS) is 10.6. The lowest BCUT2D eigenvalue weighted by atomic mass is 10.1. The van der Waals surface area contributed by atoms with E-state index >= 15 is 0 Å². The molecule has 0 aliphatic carbocycles. The van der Waals surface area contributed by atoms with Crippen LogP contribution in [0.1, 0.15) is 5.69 Å². The van der Waals surface area contributed by atoms with E-state index in [1.165, 1.54) is 0 Å². The molecular weight excluding hydrogens is 236 g/mol. The minimum absolute atomic E-state index is 0.780. The summed E-state index contributed by atoms with van der Waals surface area (Å²) in [4.78, 5) is 13.2. The molecule has 3 rings (SSSR count). The van der Waals surface area contributed by atoms with Crippen LogP contribution in [0.5, 0.6) is 0 Å². The Morgan fingerprint density at radius 3 is 2.68 bits per heavy atom. The molecule has 2 aromatic heterocycles. The van der Waals surface area contributed by atoms with Crippen molar-refractivity contribution in [1.82, 2.24) is 15.0 Å². The second kappa shape index (κ2) is 4.65. The maximum absolute atomic E-state index is 4.50. The van der Waals surface area contributed by atoms with Crippen LogP contribution >= 0.6 is 0 Å². The maximum atomic E-state index is 4.50. The van der Waals surface area contributed by atoms with E-state index in [-0.39, 0.29) is 0 Å². The van der Waals surface area contributed by atoms with Crippen LogP contribution in [0.15, 0.2) is 42.7 Å². The van der Waals surface area contributed by atoms with E-state index in [0.717, 1.165) is 33.7 Å². The highest BCUT2D eigenvalue weighted by molar-refractivity contribution is 5.85. The quantitative estimate of drug-likeness (QED) is 0.759. The second-order valence-electron chi connectivity index (χ2n) is 4.36. The van der Waals surface area contributed by atoms with Crippen LogP contribution < -0.4 is 5.32 Å². The predicted octanol–water partition coefficient (Wildman–Crippen LogP) is 3.04. The van der Waals surface area contributed by atoms with E-state index in [4.69, 9.17) is 0 Å². The molecule has 1 N–H and O–H groups in total. The van der Waals surface area contributed by atoms with Crippen molar-refractivity contribution in [2.75, 3.05) is 12.4 Å². The summed E-state index contributed by atoms with van der Waals surface area (Å²) in [7, 11) is 1.85. The third-order valence-electron chi connectivity index (χ3n) is 3.04. The highest BCUT2D eigenvalue weighted by Crippen LogP contribution is 2.26. The molecule has 0 spiro atoms. The van der Waals surface area contributed by atoms with Gasteiger partial charge in [0.25, 0.3) is 0 Å². The van der Waals surface area contributed by atoms with Gasteiger partial charge in [-0.1, -0.05) is 12.1 Å². The van der Waals surface area contributed by atoms with Gasteiger partial charge in [-0.15, -0.1) is 0 Å². The largest absolute Gasteiger partial charge is 0.371 e. The van der Waals surface area contributed by atoms with Crippen LogP contribution in [-0.2, 0) is 0 Å². The number of fused-ring (bicyclic) bond motifs is 1. The number of hydrogen-bond acceptors (Lipinski definition) is 4. The van der Waals surface area contributed by atoms with E-state index in [9.17, 15) is 0 Å². The summed E-state index contributed by atoms with van der Waals surface area (Å²) in [5.74, 6) is 0.780. The van der Waals surface area contributed by atoms with Crippen molar-refractivity contribution in [1.29, 1.82) is 0 Å². The molecule has 0 saturated carbocycles. The van der Waals surface area contributed by atoms with Crippen molar-refractivity contribution in [3.63, 3.8) is 0 Å². The van der Waals surface area contributed by atoms with Gasteiger partial charge in [0.15, 0.2) is 5.82 Å². The molecule has 0 bridgehead atoms. The second-order valence-corrected chi connectivity index (χ2v) is 4.36. The number of nitrogens with one attached hydrogen (secondary N) is 1. The fourth-order valence-electron chi connectivity index (χ4n) is 2.11. The van der Waals surface area contributed by atoms with Gasteiger partial charge in [0.1, 0.15) is 5.69 Å². The number of aryl methyl sites for hydroxylation is 1. The van der Waals surface area contributed by atoms with Crippen molar-refractivity contribution in [2.24, 2.45) is 0 Å². The van der Waals surface area contributed by atoms with E-state index in [0.29, 0.717) is 0 Å². The van der Waals surface area contributed by atoms with Crippen LogP contribution in [0.3, 0.4) is 0 Å². The Balaban J connectivity index is 2.18. The van der Waals surface area contributed by atoms with Gasteiger partial charge in [0.05, 0.1) is 5.52 Å². The zero-order chi connectivity index (χ0) is 13.2. The summed E-state index contributed by atoms with van der Waals surface area (Å²) >= 11 is 0. The van der Waals surface area contributed by atoms with E-state index in [1.807, 2.05) is 32.2 Å². The Bertz CT molecular complexity index is 737. The molecule has 0 amide bonds. The number of aromatic nitrogens is 3. The maximum Gasteiger partial charge on any atom is 0.152 e. The molecule has 3 aromatic rings. The average Bonchev–Trinajstić information content (AvgIpc) is 2.46. The molecule has 0 saturated heterocycles. The van der Waals surface area contributed by atoms with Crippen molar-refractivity contribution in [2.45, 2.75) is 6.92 Å². The lowest BCUT2D eigenvalue weighted by molar-refractivity contribution is 1.19. The molecule has 19 heavy (non-hydrogen) atoms. The Morgan fingerprint density at radius 1 is 1.00 bits per heavy atom. The summed E-state index contributed by atoms with van der Waals surface area (Å²) < 4.78 is 0. The molecule has 0 unspecified atom stereocenters. The summed E-state index contributed by atoms with van der Waals surface area (Å²) in [6.45, 7) is 2.00. The van der Waals surface area contributed by atoms with Gasteiger partial charge in [-0.05, 0) is 25.1 Å². The third-order valence-corrected chi connectivity index (χ3v) is 3.04. The first-order chi connectivity index (χ1) is 9.28. The molecular formula is C15H14N4. The van der Waals surface area contributed by atoms with Gasteiger partial charge in [-0.2, -0.15) is 0 Å². The number of hydrogen-bond donors (Lipinski definition) is 1. The topological polar surface area (TPSA) is 50.7 Å². The van der Waals surface area contributed by atoms with E-state index in [2.05, 4.69) is 32.4 Å². The van der Waals surface area contributed by atoms with Crippen molar-refractivity contribution in [3.05, 3.63) is 48.4 Å². The van der Waals surface area contributed by atoms with Gasteiger partial charge < -0.3 is 5.32 Å². The number of benzene rings is 1. The Morgan fingerprint density at radius 2 is 1.84 bits per heavy atom. The third kappa shape index (κ3) is 2.12. The summed E-state index contributed by atoms with van der Waals surface area (Å²) in [6, 6.07) is 10.2. The Kier molecular flexibility index (Phi) is 2.83. The van der Waals surface area contributed by atoms with Crippen LogP contribution in [0.25, 0.3) is 22.2 Å². The molecule has 0 aliphatic heterocycles. The van der Waals surface area contributed by atoms with Crippen LogP contribution in [0.4, 0.5) is 5.82 Å². The smallest absolute Gasteiger partial charge is 0.152 e. The standard InChI is InChI=1S/C15H14N4/c1-10-3-4-11-9-12(5-6-13(11)19-10)14-15(16-2)18-8-7-17-14/h3-9H,1-2H3,(H,16,18). The number of pyridine rings is 1. The lowest BCUT2D eigenvalue weighted by Crippen LogP contribution is -1.97. The van der Waals surface area contributed by atoms with Crippen molar-refractivity contribution < 1.29 is 0 Å². The van der Waals surface area contributed by atoms with Gasteiger partial charge in [-0.3, -0.25) is 9.97 Å². The number of rotatable bonds is 2. The average molecular weight is 250 g/mol. The zero-order valence-corrected chi connectivity index (χ0v) is 10.9. The molecule has 0 radical (unpaired) electrons. The molecule has 0 fully saturated rings. The van der Waals surface area contributed by atoms with Crippen LogP contribution in [-0.4, -0.2) is 22.0 Å². The monoisotopic (exact) mass is 250 g/mol. The van der Waals surface area contributed by atoms with E-state index < -0.39 is 0 Å². The van der Waals surface area contributed by atoms with Gasteiger partial charge in [-0.25, -0.2) is 4.98 Å². The molecule has 4 nitrogen and oxygen atoms in total. The Hall–Kier alpha value is -2.49. The van der Waals surface area contributed by atoms with Crippen molar-refractivity contribution >= 4 is 16.7 Å². The molecule has 0 atom stereocenters. The van der Waals surface area contributed by atoms with Gasteiger partial charge in [0, 0.05) is 36.1 Å². The van der Waals surface area contributed by atoms with E-state index in [1.54, 1.807) is 12.4 Å². The van der Waals surface area contributed by atoms with Crippen LogP contribution in [0, 0.1) is 6.92 Å². The molecule has 4 heteroatoms. The van der Waals surface area contributed by atoms with Crippen molar-refractivity contribution in [3.8, 4) is 11.3 Å². The summed E-state index contributed by atoms with van der Waals surface area (Å²) in [6.07, 6.45) is 3.38. The first-order valence-electron chi connectivity index (χ1n) is 6.14. The number of nitrogens with zero attached hydrogens (tertiary/aromatic N) is 3. The molecule has 2 heterocycles.